The lowest BCUT2D eigenvalue weighted by Crippen LogP contribution is -2.50. The van der Waals surface area contributed by atoms with E-state index in [0.717, 1.165) is 15.9 Å². The number of nitrogens with zero attached hydrogens (tertiary/aromatic N) is 2. The Hall–Kier alpha value is -4.33. The van der Waals surface area contributed by atoms with E-state index in [0.29, 0.717) is 23.7 Å². The van der Waals surface area contributed by atoms with Crippen molar-refractivity contribution in [3.8, 4) is 11.3 Å². The molecule has 37 heavy (non-hydrogen) atoms. The maximum atomic E-state index is 13.6. The molecule has 190 valence electrons. The van der Waals surface area contributed by atoms with E-state index in [4.69, 9.17) is 13.9 Å². The van der Waals surface area contributed by atoms with Gasteiger partial charge in [0.2, 0.25) is 0 Å². The largest absolute Gasteiger partial charge is 0.711 e. The molecule has 1 aliphatic rings. The number of benzene rings is 2. The van der Waals surface area contributed by atoms with Gasteiger partial charge in [0, 0.05) is 33.3 Å². The van der Waals surface area contributed by atoms with Crippen LogP contribution in [0.25, 0.3) is 11.3 Å². The van der Waals surface area contributed by atoms with Crippen molar-refractivity contribution in [1.29, 1.82) is 0 Å². The maximum absolute atomic E-state index is 13.6. The van der Waals surface area contributed by atoms with Crippen LogP contribution in [-0.4, -0.2) is 22.3 Å². The Morgan fingerprint density at radius 3 is 2.14 bits per heavy atom. The number of imidazole rings is 1. The molecule has 1 saturated heterocycles. The fourth-order valence-corrected chi connectivity index (χ4v) is 4.77. The van der Waals surface area contributed by atoms with Crippen LogP contribution in [-0.2, 0) is 25.6 Å². The average Bonchev–Trinajstić information content (AvgIpc) is 3.43. The van der Waals surface area contributed by atoms with E-state index in [-0.39, 0.29) is 11.6 Å². The zero-order chi connectivity index (χ0) is 26.3. The van der Waals surface area contributed by atoms with Gasteiger partial charge in [0.15, 0.2) is 5.92 Å². The normalized spacial score (nSPS) is 16.3. The first kappa shape index (κ1) is 24.4. The van der Waals surface area contributed by atoms with Crippen LogP contribution in [0.1, 0.15) is 48.3 Å². The third-order valence-corrected chi connectivity index (χ3v) is 6.71. The molecule has 0 N–H and O–H groups in total. The fraction of sp³-hybridized carbons (Fsp3) is 0.276. The van der Waals surface area contributed by atoms with Crippen LogP contribution in [0.3, 0.4) is 0 Å². The van der Waals surface area contributed by atoms with Crippen LogP contribution in [0.15, 0.2) is 77.2 Å². The van der Waals surface area contributed by atoms with Crippen molar-refractivity contribution < 1.29 is 28.2 Å². The minimum atomic E-state index is -1.42. The molecule has 0 saturated carbocycles. The minimum absolute atomic E-state index is 0.200. The number of aromatic nitrogens is 2. The second kappa shape index (κ2) is 9.28. The summed E-state index contributed by atoms with van der Waals surface area (Å²) in [5.41, 5.74) is 2.96. The highest BCUT2D eigenvalue weighted by atomic mass is 16.7. The maximum Gasteiger partial charge on any atom is 0.325 e. The van der Waals surface area contributed by atoms with Crippen molar-refractivity contribution in [1.82, 2.24) is 4.57 Å². The van der Waals surface area contributed by atoms with Gasteiger partial charge in [-0.3, -0.25) is 9.59 Å². The lowest BCUT2D eigenvalue weighted by atomic mass is 9.88. The average molecular weight is 501 g/mol. The van der Waals surface area contributed by atoms with Gasteiger partial charge in [-0.2, -0.15) is 0 Å². The van der Waals surface area contributed by atoms with Crippen molar-refractivity contribution in [2.45, 2.75) is 45.9 Å². The molecular formula is C29H28N2O6. The molecule has 0 amide bonds. The van der Waals surface area contributed by atoms with Crippen molar-refractivity contribution >= 4 is 11.9 Å². The first-order valence-electron chi connectivity index (χ1n) is 12.1. The molecule has 8 nitrogen and oxygen atoms in total. The van der Waals surface area contributed by atoms with Crippen molar-refractivity contribution in [2.24, 2.45) is 5.92 Å². The number of cyclic esters (lactones) is 2. The summed E-state index contributed by atoms with van der Waals surface area (Å²) < 4.78 is 19.7. The molecule has 0 bridgehead atoms. The lowest BCUT2D eigenvalue weighted by molar-refractivity contribution is -0.621. The van der Waals surface area contributed by atoms with Gasteiger partial charge < -0.3 is 19.1 Å². The summed E-state index contributed by atoms with van der Waals surface area (Å²) in [4.78, 5) is 26.5. The first-order valence-corrected chi connectivity index (χ1v) is 12.1. The molecule has 4 aromatic rings. The molecule has 0 radical (unpaired) electrons. The molecule has 2 aromatic heterocycles. The van der Waals surface area contributed by atoms with Crippen molar-refractivity contribution in [3.63, 3.8) is 0 Å². The molecule has 3 heterocycles. The van der Waals surface area contributed by atoms with Crippen LogP contribution < -0.4 is 4.73 Å². The number of hydrogen-bond acceptors (Lipinski definition) is 6. The van der Waals surface area contributed by atoms with Gasteiger partial charge in [-0.15, -0.1) is 0 Å². The quantitative estimate of drug-likeness (QED) is 0.166. The lowest BCUT2D eigenvalue weighted by Gasteiger charge is -2.34. The Balaban J connectivity index is 1.69. The van der Waals surface area contributed by atoms with E-state index in [1.54, 1.807) is 19.1 Å². The van der Waals surface area contributed by atoms with E-state index in [1.807, 2.05) is 72.2 Å². The Morgan fingerprint density at radius 2 is 1.51 bits per heavy atom. The zero-order valence-corrected chi connectivity index (χ0v) is 21.1. The monoisotopic (exact) mass is 500 g/mol. The molecule has 1 atom stereocenters. The summed E-state index contributed by atoms with van der Waals surface area (Å²) in [6.07, 6.45) is 0. The van der Waals surface area contributed by atoms with E-state index >= 15 is 0 Å². The molecule has 0 spiro atoms. The van der Waals surface area contributed by atoms with E-state index in [9.17, 15) is 14.8 Å². The molecule has 1 fully saturated rings. The number of carbonyl (C=O) groups is 2. The highest BCUT2D eigenvalue weighted by molar-refractivity contribution is 5.98. The second-order valence-electron chi connectivity index (χ2n) is 9.66. The van der Waals surface area contributed by atoms with Crippen molar-refractivity contribution in [2.75, 3.05) is 0 Å². The smallest absolute Gasteiger partial charge is 0.325 e. The third kappa shape index (κ3) is 4.50. The summed E-state index contributed by atoms with van der Waals surface area (Å²) >= 11 is 0. The number of ether oxygens (including phenoxy) is 2. The highest BCUT2D eigenvalue weighted by Crippen LogP contribution is 2.40. The van der Waals surface area contributed by atoms with Crippen LogP contribution >= 0.6 is 0 Å². The Morgan fingerprint density at radius 1 is 0.919 bits per heavy atom. The standard InChI is InChI=1S/C29H28N2O6/c1-18-19(2)31(34)26(30(18)17-20-11-7-5-8-12-20)24(25-27(32)36-29(3,4)37-28(25)33)23-16-15-22(35-23)21-13-9-6-10-14-21/h5-16,24-25H,17H2,1-4H3. The Labute approximate surface area is 214 Å². The molecule has 8 heteroatoms. The molecule has 2 aromatic carbocycles. The summed E-state index contributed by atoms with van der Waals surface area (Å²) in [7, 11) is 0. The second-order valence-corrected chi connectivity index (χ2v) is 9.66. The summed E-state index contributed by atoms with van der Waals surface area (Å²) in [5, 5.41) is 13.6. The van der Waals surface area contributed by atoms with Crippen LogP contribution in [0.4, 0.5) is 0 Å². The van der Waals surface area contributed by atoms with Gasteiger partial charge in [-0.1, -0.05) is 60.7 Å². The molecule has 1 aliphatic heterocycles. The van der Waals surface area contributed by atoms with Crippen LogP contribution in [0, 0.1) is 25.0 Å². The summed E-state index contributed by atoms with van der Waals surface area (Å²) in [6, 6.07) is 22.6. The van der Waals surface area contributed by atoms with Gasteiger partial charge in [-0.05, 0) is 17.7 Å². The SMILES string of the molecule is Cc1c(C)[n+]([O-])c(C(c2ccc(-c3ccccc3)o2)C2C(=O)OC(C)(C)OC2=O)n1Cc1ccccc1. The Kier molecular flexibility index (Phi) is 6.11. The molecule has 1 unspecified atom stereocenters. The van der Waals surface area contributed by atoms with Gasteiger partial charge in [-0.25, -0.2) is 9.30 Å². The minimum Gasteiger partial charge on any atom is -0.711 e. The number of furan rings is 1. The van der Waals surface area contributed by atoms with E-state index in [2.05, 4.69) is 0 Å². The molecule has 5 rings (SSSR count). The van der Waals surface area contributed by atoms with Gasteiger partial charge in [0.05, 0.1) is 0 Å². The zero-order valence-electron chi connectivity index (χ0n) is 21.1. The van der Waals surface area contributed by atoms with Gasteiger partial charge in [0.25, 0.3) is 11.6 Å². The predicted molar refractivity (Wildman–Crippen MR) is 134 cm³/mol. The molecular weight excluding hydrogens is 472 g/mol. The highest BCUT2D eigenvalue weighted by Gasteiger charge is 2.53. The summed E-state index contributed by atoms with van der Waals surface area (Å²) in [6.45, 7) is 6.90. The predicted octanol–water partition coefficient (Wildman–Crippen LogP) is 4.63. The molecule has 0 aliphatic carbocycles. The third-order valence-electron chi connectivity index (χ3n) is 6.71. The number of carbonyl (C=O) groups excluding carboxylic acids is 2. The van der Waals surface area contributed by atoms with E-state index < -0.39 is 29.6 Å². The van der Waals surface area contributed by atoms with Crippen molar-refractivity contribution in [3.05, 3.63) is 107 Å². The number of rotatable bonds is 6. The number of esters is 2. The summed E-state index contributed by atoms with van der Waals surface area (Å²) in [5.74, 6) is -4.42. The van der Waals surface area contributed by atoms with Gasteiger partial charge >= 0.3 is 11.9 Å². The fourth-order valence-electron chi connectivity index (χ4n) is 4.77. The Bertz CT molecular complexity index is 1430. The van der Waals surface area contributed by atoms with Gasteiger partial charge in [0.1, 0.15) is 35.4 Å². The topological polar surface area (TPSA) is 97.6 Å². The number of hydrogen-bond donors (Lipinski definition) is 0. The van der Waals surface area contributed by atoms with Crippen LogP contribution in [0.2, 0.25) is 0 Å². The van der Waals surface area contributed by atoms with E-state index in [1.165, 1.54) is 13.8 Å². The van der Waals surface area contributed by atoms with Crippen LogP contribution in [0.5, 0.6) is 0 Å². The first-order chi connectivity index (χ1) is 17.7.